The molecule has 0 bridgehead atoms. The first-order valence-corrected chi connectivity index (χ1v) is 6.55. The topological polar surface area (TPSA) is 15.3 Å². The monoisotopic (exact) mass is 316 g/mol. The first kappa shape index (κ1) is 11.2. The molecule has 1 N–H and O–H groups in total. The second-order valence-electron chi connectivity index (χ2n) is 4.03. The highest BCUT2D eigenvalue weighted by molar-refractivity contribution is 14.1. The van der Waals surface area contributed by atoms with E-state index < -0.39 is 0 Å². The molecule has 3 heteroatoms. The van der Waals surface area contributed by atoms with Gasteiger partial charge in [0.15, 0.2) is 0 Å². The predicted octanol–water partition coefficient (Wildman–Crippen LogP) is 2.48. The third kappa shape index (κ3) is 2.84. The molecule has 1 aliphatic heterocycles. The molecule has 1 aromatic carbocycles. The number of halogens is 1. The Morgan fingerprint density at radius 1 is 1.33 bits per heavy atom. The molecule has 15 heavy (non-hydrogen) atoms. The van der Waals surface area contributed by atoms with Crippen LogP contribution in [0, 0.1) is 3.57 Å². The highest BCUT2D eigenvalue weighted by atomic mass is 127. The van der Waals surface area contributed by atoms with E-state index in [1.807, 2.05) is 0 Å². The fraction of sp³-hybridized carbons (Fsp3) is 0.500. The van der Waals surface area contributed by atoms with Gasteiger partial charge in [-0.1, -0.05) is 6.07 Å². The number of hydrogen-bond donors (Lipinski definition) is 1. The Bertz CT molecular complexity index is 319. The van der Waals surface area contributed by atoms with Crippen molar-refractivity contribution < 1.29 is 0 Å². The second kappa shape index (κ2) is 5.16. The molecular weight excluding hydrogens is 299 g/mol. The summed E-state index contributed by atoms with van der Waals surface area (Å²) in [6.45, 7) is 2.34. The molecule has 1 fully saturated rings. The Balaban J connectivity index is 2.01. The van der Waals surface area contributed by atoms with Crippen LogP contribution in [0.4, 0.5) is 5.69 Å². The summed E-state index contributed by atoms with van der Waals surface area (Å²) in [5.74, 6) is 0. The lowest BCUT2D eigenvalue weighted by atomic mass is 10.0. The summed E-state index contributed by atoms with van der Waals surface area (Å²) in [5, 5.41) is 3.36. The van der Waals surface area contributed by atoms with Gasteiger partial charge in [0.25, 0.3) is 0 Å². The van der Waals surface area contributed by atoms with Crippen LogP contribution in [0.5, 0.6) is 0 Å². The minimum Gasteiger partial charge on any atom is -0.371 e. The van der Waals surface area contributed by atoms with Gasteiger partial charge in [-0.25, -0.2) is 0 Å². The van der Waals surface area contributed by atoms with Gasteiger partial charge in [-0.05, 0) is 60.7 Å². The Kier molecular flexibility index (Phi) is 3.86. The molecule has 2 rings (SSSR count). The molecule has 82 valence electrons. The van der Waals surface area contributed by atoms with Crippen molar-refractivity contribution in [3.8, 4) is 0 Å². The number of nitrogens with zero attached hydrogens (tertiary/aromatic N) is 1. The van der Waals surface area contributed by atoms with Crippen molar-refractivity contribution >= 4 is 28.3 Å². The Labute approximate surface area is 105 Å². The summed E-state index contributed by atoms with van der Waals surface area (Å²) in [6.07, 6.45) is 2.50. The molecule has 0 atom stereocenters. The van der Waals surface area contributed by atoms with Gasteiger partial charge in [-0.2, -0.15) is 0 Å². The SMILES string of the molecule is CNC1CCN(c2cccc(I)c2)CC1. The average Bonchev–Trinajstić information content (AvgIpc) is 2.29. The molecule has 1 saturated heterocycles. The van der Waals surface area contributed by atoms with Crippen LogP contribution < -0.4 is 10.2 Å². The zero-order valence-electron chi connectivity index (χ0n) is 9.04. The number of nitrogens with one attached hydrogen (secondary N) is 1. The minimum absolute atomic E-state index is 0.712. The molecule has 0 aliphatic carbocycles. The number of rotatable bonds is 2. The zero-order valence-corrected chi connectivity index (χ0v) is 11.2. The van der Waals surface area contributed by atoms with Gasteiger partial charge in [-0.3, -0.25) is 0 Å². The van der Waals surface area contributed by atoms with Gasteiger partial charge in [0, 0.05) is 28.4 Å². The molecule has 1 heterocycles. The maximum absolute atomic E-state index is 3.36. The average molecular weight is 316 g/mol. The standard InChI is InChI=1S/C12H17IN2/c1-14-11-5-7-15(8-6-11)12-4-2-3-10(13)9-12/h2-4,9,11,14H,5-8H2,1H3. The number of hydrogen-bond acceptors (Lipinski definition) is 2. The Morgan fingerprint density at radius 3 is 2.67 bits per heavy atom. The Hall–Kier alpha value is -0.290. The van der Waals surface area contributed by atoms with Gasteiger partial charge < -0.3 is 10.2 Å². The van der Waals surface area contributed by atoms with Crippen LogP contribution in [0.2, 0.25) is 0 Å². The van der Waals surface area contributed by atoms with Crippen LogP contribution >= 0.6 is 22.6 Å². The molecule has 0 saturated carbocycles. The maximum atomic E-state index is 3.36. The molecule has 2 nitrogen and oxygen atoms in total. The van der Waals surface area contributed by atoms with Crippen LogP contribution in [-0.2, 0) is 0 Å². The third-order valence-electron chi connectivity index (χ3n) is 3.08. The van der Waals surface area contributed by atoms with E-state index in [0.717, 1.165) is 0 Å². The highest BCUT2D eigenvalue weighted by Gasteiger charge is 2.17. The molecule has 1 aromatic rings. The van der Waals surface area contributed by atoms with Gasteiger partial charge in [0.2, 0.25) is 0 Å². The van der Waals surface area contributed by atoms with Crippen molar-refractivity contribution in [2.24, 2.45) is 0 Å². The van der Waals surface area contributed by atoms with E-state index in [1.54, 1.807) is 0 Å². The summed E-state index contributed by atoms with van der Waals surface area (Å²) in [6, 6.07) is 9.47. The van der Waals surface area contributed by atoms with Crippen LogP contribution in [0.3, 0.4) is 0 Å². The van der Waals surface area contributed by atoms with Crippen molar-refractivity contribution in [3.05, 3.63) is 27.8 Å². The molecule has 0 spiro atoms. The largest absolute Gasteiger partial charge is 0.371 e. The summed E-state index contributed by atoms with van der Waals surface area (Å²) in [7, 11) is 2.06. The first-order chi connectivity index (χ1) is 7.29. The molecule has 0 amide bonds. The van der Waals surface area contributed by atoms with Gasteiger partial charge in [-0.15, -0.1) is 0 Å². The number of anilines is 1. The number of benzene rings is 1. The van der Waals surface area contributed by atoms with Crippen LogP contribution in [0.25, 0.3) is 0 Å². The lowest BCUT2D eigenvalue weighted by Gasteiger charge is -2.33. The van der Waals surface area contributed by atoms with Crippen molar-refractivity contribution in [3.63, 3.8) is 0 Å². The summed E-state index contributed by atoms with van der Waals surface area (Å²) in [5.41, 5.74) is 1.37. The second-order valence-corrected chi connectivity index (χ2v) is 5.28. The van der Waals surface area contributed by atoms with Crippen molar-refractivity contribution in [1.29, 1.82) is 0 Å². The first-order valence-electron chi connectivity index (χ1n) is 5.47. The fourth-order valence-electron chi connectivity index (χ4n) is 2.10. The summed E-state index contributed by atoms with van der Waals surface area (Å²) in [4.78, 5) is 2.48. The zero-order chi connectivity index (χ0) is 10.7. The minimum atomic E-state index is 0.712. The quantitative estimate of drug-likeness (QED) is 0.844. The van der Waals surface area contributed by atoms with Crippen molar-refractivity contribution in [2.75, 3.05) is 25.0 Å². The maximum Gasteiger partial charge on any atom is 0.0376 e. The van der Waals surface area contributed by atoms with E-state index in [4.69, 9.17) is 0 Å². The van der Waals surface area contributed by atoms with E-state index in [-0.39, 0.29) is 0 Å². The van der Waals surface area contributed by atoms with E-state index >= 15 is 0 Å². The summed E-state index contributed by atoms with van der Waals surface area (Å²) >= 11 is 2.37. The van der Waals surface area contributed by atoms with Crippen molar-refractivity contribution in [1.82, 2.24) is 5.32 Å². The van der Waals surface area contributed by atoms with Crippen LogP contribution in [0.15, 0.2) is 24.3 Å². The molecule has 0 aromatic heterocycles. The predicted molar refractivity (Wildman–Crippen MR) is 73.5 cm³/mol. The fourth-order valence-corrected chi connectivity index (χ4v) is 2.63. The summed E-state index contributed by atoms with van der Waals surface area (Å²) < 4.78 is 1.32. The lowest BCUT2D eigenvalue weighted by molar-refractivity contribution is 0.442. The smallest absolute Gasteiger partial charge is 0.0376 e. The van der Waals surface area contributed by atoms with Crippen LogP contribution in [-0.4, -0.2) is 26.2 Å². The van der Waals surface area contributed by atoms with Gasteiger partial charge >= 0.3 is 0 Å². The lowest BCUT2D eigenvalue weighted by Crippen LogP contribution is -2.41. The van der Waals surface area contributed by atoms with E-state index in [9.17, 15) is 0 Å². The van der Waals surface area contributed by atoms with Crippen LogP contribution in [0.1, 0.15) is 12.8 Å². The van der Waals surface area contributed by atoms with Gasteiger partial charge in [0.1, 0.15) is 0 Å². The van der Waals surface area contributed by atoms with E-state index in [1.165, 1.54) is 35.2 Å². The molecular formula is C12H17IN2. The molecule has 1 aliphatic rings. The third-order valence-corrected chi connectivity index (χ3v) is 3.75. The highest BCUT2D eigenvalue weighted by Crippen LogP contribution is 2.21. The normalized spacial score (nSPS) is 18.1. The van der Waals surface area contributed by atoms with E-state index in [0.29, 0.717) is 6.04 Å². The van der Waals surface area contributed by atoms with E-state index in [2.05, 4.69) is 64.1 Å². The Morgan fingerprint density at radius 2 is 2.07 bits per heavy atom. The number of piperidine rings is 1. The van der Waals surface area contributed by atoms with Gasteiger partial charge in [0.05, 0.1) is 0 Å². The molecule has 0 radical (unpaired) electrons. The van der Waals surface area contributed by atoms with Crippen molar-refractivity contribution in [2.45, 2.75) is 18.9 Å². The molecule has 0 unspecified atom stereocenters.